The summed E-state index contributed by atoms with van der Waals surface area (Å²) in [5, 5.41) is 15.3. The molecule has 0 atom stereocenters. The van der Waals surface area contributed by atoms with Gasteiger partial charge in [-0.3, -0.25) is 4.79 Å². The third-order valence-corrected chi connectivity index (χ3v) is 0.230. The Hall–Kier alpha value is -1.04. The van der Waals surface area contributed by atoms with E-state index in [4.69, 9.17) is 10.4 Å². The predicted octanol–water partition coefficient (Wildman–Crippen LogP) is -0.0153. The Morgan fingerprint density at radius 3 is 2.50 bits per heavy atom. The van der Waals surface area contributed by atoms with Crippen LogP contribution in [0.2, 0.25) is 0 Å². The fraction of sp³-hybridized carbons (Fsp3) is 0.333. The van der Waals surface area contributed by atoms with Gasteiger partial charge in [-0.05, 0) is 0 Å². The Kier molecular flexibility index (Phi) is 1.83. The van der Waals surface area contributed by atoms with E-state index >= 15 is 0 Å². The molecule has 0 amide bonds. The average Bonchev–Trinajstić information content (AvgIpc) is 1.35. The lowest BCUT2D eigenvalue weighted by Crippen LogP contribution is -1.88. The molecule has 6 heavy (non-hydrogen) atoms. The molecule has 32 valence electrons. The molecule has 0 aromatic rings. The second-order valence-corrected chi connectivity index (χ2v) is 0.729. The van der Waals surface area contributed by atoms with Crippen LogP contribution in [0.25, 0.3) is 0 Å². The Morgan fingerprint density at radius 1 is 2.00 bits per heavy atom. The zero-order valence-corrected chi connectivity index (χ0v) is 3.01. The number of hydrogen-bond acceptors (Lipinski definition) is 2. The van der Waals surface area contributed by atoms with E-state index in [2.05, 4.69) is 0 Å². The molecule has 0 rings (SSSR count). The molecule has 3 heteroatoms. The van der Waals surface area contributed by atoms with Crippen LogP contribution in [0.5, 0.6) is 0 Å². The number of aliphatic carboxylic acids is 1. The highest BCUT2D eigenvalue weighted by Gasteiger charge is 1.87. The van der Waals surface area contributed by atoms with Crippen molar-refractivity contribution in [3.63, 3.8) is 0 Å². The van der Waals surface area contributed by atoms with Gasteiger partial charge in [0, 0.05) is 0 Å². The van der Waals surface area contributed by atoms with Crippen molar-refractivity contribution in [1.29, 1.82) is 5.26 Å². The van der Waals surface area contributed by atoms with E-state index in [9.17, 15) is 4.79 Å². The maximum absolute atomic E-state index is 9.38. The van der Waals surface area contributed by atoms with Crippen LogP contribution in [0, 0.1) is 11.3 Å². The molecule has 3 nitrogen and oxygen atoms in total. The van der Waals surface area contributed by atoms with Crippen LogP contribution in [-0.4, -0.2) is 11.1 Å². The van der Waals surface area contributed by atoms with Crippen LogP contribution < -0.4 is 0 Å². The average molecular weight is 87.0 g/mol. The van der Waals surface area contributed by atoms with Crippen LogP contribution in [0.4, 0.5) is 0 Å². The molecular weight excluding hydrogens is 84.0 g/mol. The van der Waals surface area contributed by atoms with E-state index in [1.54, 1.807) is 0 Å². The summed E-state index contributed by atoms with van der Waals surface area (Å²) in [5.74, 6) is -1.07. The number of hydrogen-bond donors (Lipinski definition) is 1. The smallest absolute Gasteiger partial charge is 0.317 e. The van der Waals surface area contributed by atoms with Gasteiger partial charge in [-0.1, -0.05) is 0 Å². The second kappa shape index (κ2) is 2.21. The normalized spacial score (nSPS) is 6.50. The molecule has 0 aliphatic carbocycles. The molecule has 0 bridgehead atoms. The molecule has 0 radical (unpaired) electrons. The SMILES string of the molecule is N#[13C][13CH2]C(=O)O. The largest absolute Gasteiger partial charge is 0.480 e. The fourth-order valence-electron chi connectivity index (χ4n) is 0.0676. The third kappa shape index (κ3) is 2.96. The van der Waals surface area contributed by atoms with Crippen LogP contribution in [0.15, 0.2) is 0 Å². The standard InChI is InChI=1S/C3H3NO2/c4-2-1-3(5)6/h1H2,(H,5,6)/i1+1,2+1. The summed E-state index contributed by atoms with van der Waals surface area (Å²) < 4.78 is 0. The van der Waals surface area contributed by atoms with Gasteiger partial charge in [0.15, 0.2) is 0 Å². The van der Waals surface area contributed by atoms with E-state index in [0.717, 1.165) is 0 Å². The lowest BCUT2D eigenvalue weighted by atomic mass is 11.0. The summed E-state index contributed by atoms with van der Waals surface area (Å²) in [4.78, 5) is 9.38. The molecule has 0 aromatic heterocycles. The third-order valence-electron chi connectivity index (χ3n) is 0.230. The fourth-order valence-corrected chi connectivity index (χ4v) is 0.0676. The summed E-state index contributed by atoms with van der Waals surface area (Å²) in [6.45, 7) is 0. The number of carboxylic acids is 1. The number of nitriles is 1. The Bertz CT molecular complexity index is 91.5. The van der Waals surface area contributed by atoms with Crippen molar-refractivity contribution in [2.75, 3.05) is 0 Å². The molecule has 0 aliphatic heterocycles. The van der Waals surface area contributed by atoms with Gasteiger partial charge in [0.05, 0.1) is 6.07 Å². The summed E-state index contributed by atoms with van der Waals surface area (Å²) in [6, 6.07) is 1.47. The highest BCUT2D eigenvalue weighted by Crippen LogP contribution is 1.68. The molecule has 0 unspecified atom stereocenters. The Balaban J connectivity index is 3.13. The number of nitrogens with zero attached hydrogens (tertiary/aromatic N) is 1. The molecule has 0 aromatic carbocycles. The van der Waals surface area contributed by atoms with Gasteiger partial charge >= 0.3 is 5.97 Å². The van der Waals surface area contributed by atoms with E-state index < -0.39 is 12.4 Å². The summed E-state index contributed by atoms with van der Waals surface area (Å²) in [6.07, 6.45) is -0.403. The molecule has 1 N–H and O–H groups in total. The van der Waals surface area contributed by atoms with Crippen molar-refractivity contribution in [3.8, 4) is 6.07 Å². The lowest BCUT2D eigenvalue weighted by Gasteiger charge is -1.70. The first kappa shape index (κ1) is 4.96. The van der Waals surface area contributed by atoms with Crippen LogP contribution >= 0.6 is 0 Å². The minimum absolute atomic E-state index is 0.403. The topological polar surface area (TPSA) is 61.1 Å². The molecule has 0 saturated carbocycles. The highest BCUT2D eigenvalue weighted by molar-refractivity contribution is 5.69. The van der Waals surface area contributed by atoms with Gasteiger partial charge in [0.2, 0.25) is 0 Å². The number of carbonyl (C=O) groups is 1. The summed E-state index contributed by atoms with van der Waals surface area (Å²) in [5.41, 5.74) is 0. The van der Waals surface area contributed by atoms with Gasteiger partial charge in [-0.2, -0.15) is 5.26 Å². The van der Waals surface area contributed by atoms with E-state index in [1.165, 1.54) is 6.07 Å². The van der Waals surface area contributed by atoms with Crippen molar-refractivity contribution in [1.82, 2.24) is 0 Å². The monoisotopic (exact) mass is 87.0 g/mol. The molecule has 0 heterocycles. The minimum Gasteiger partial charge on any atom is -0.480 e. The molecule has 0 saturated heterocycles. The zero-order chi connectivity index (χ0) is 4.99. The van der Waals surface area contributed by atoms with Gasteiger partial charge in [-0.15, -0.1) is 0 Å². The highest BCUT2D eigenvalue weighted by atomic mass is 16.4. The van der Waals surface area contributed by atoms with E-state index in [-0.39, 0.29) is 0 Å². The van der Waals surface area contributed by atoms with E-state index in [1.807, 2.05) is 0 Å². The molecular formula is C3H3NO2. The van der Waals surface area contributed by atoms with Crippen molar-refractivity contribution < 1.29 is 9.90 Å². The van der Waals surface area contributed by atoms with E-state index in [0.29, 0.717) is 0 Å². The van der Waals surface area contributed by atoms with Crippen LogP contribution in [-0.2, 0) is 4.79 Å². The van der Waals surface area contributed by atoms with Crippen molar-refractivity contribution in [2.24, 2.45) is 0 Å². The van der Waals surface area contributed by atoms with Gasteiger partial charge in [0.1, 0.15) is 6.42 Å². The van der Waals surface area contributed by atoms with Gasteiger partial charge in [0.25, 0.3) is 0 Å². The quantitative estimate of drug-likeness (QED) is 0.457. The van der Waals surface area contributed by atoms with Crippen molar-refractivity contribution in [3.05, 3.63) is 0 Å². The first-order valence-electron chi connectivity index (χ1n) is 1.36. The molecule has 0 fully saturated rings. The predicted molar refractivity (Wildman–Crippen MR) is 17.9 cm³/mol. The zero-order valence-electron chi connectivity index (χ0n) is 3.01. The van der Waals surface area contributed by atoms with Gasteiger partial charge < -0.3 is 5.11 Å². The van der Waals surface area contributed by atoms with Crippen molar-refractivity contribution in [2.45, 2.75) is 6.42 Å². The molecule has 0 aliphatic rings. The maximum atomic E-state index is 9.38. The Labute approximate surface area is 34.8 Å². The summed E-state index contributed by atoms with van der Waals surface area (Å²) >= 11 is 0. The van der Waals surface area contributed by atoms with Crippen LogP contribution in [0.1, 0.15) is 6.42 Å². The molecule has 0 spiro atoms. The van der Waals surface area contributed by atoms with Gasteiger partial charge in [-0.25, -0.2) is 0 Å². The second-order valence-electron chi connectivity index (χ2n) is 0.729. The Morgan fingerprint density at radius 2 is 2.50 bits per heavy atom. The first-order valence-corrected chi connectivity index (χ1v) is 1.36. The minimum atomic E-state index is -1.07. The summed E-state index contributed by atoms with van der Waals surface area (Å²) in [7, 11) is 0. The number of carboxylic acid groups (broad SMARTS) is 1. The van der Waals surface area contributed by atoms with Crippen LogP contribution in [0.3, 0.4) is 0 Å². The first-order chi connectivity index (χ1) is 2.77. The van der Waals surface area contributed by atoms with Crippen molar-refractivity contribution >= 4 is 5.97 Å². The lowest BCUT2D eigenvalue weighted by molar-refractivity contribution is -0.135. The maximum Gasteiger partial charge on any atom is 0.317 e. The number of rotatable bonds is 1.